The van der Waals surface area contributed by atoms with Gasteiger partial charge in [0.25, 0.3) is 0 Å². The molecule has 24 heavy (non-hydrogen) atoms. The van der Waals surface area contributed by atoms with Crippen LogP contribution in [0.5, 0.6) is 0 Å². The van der Waals surface area contributed by atoms with Crippen LogP contribution in [-0.4, -0.2) is 29.7 Å². The van der Waals surface area contributed by atoms with Gasteiger partial charge >= 0.3 is 6.03 Å². The smallest absolute Gasteiger partial charge is 0.322 e. The monoisotopic (exact) mass is 348 g/mol. The first-order valence-corrected chi connectivity index (χ1v) is 7.99. The van der Waals surface area contributed by atoms with E-state index in [1.165, 1.54) is 0 Å². The third-order valence-corrected chi connectivity index (χ3v) is 4.07. The molecule has 1 aliphatic rings. The summed E-state index contributed by atoms with van der Waals surface area (Å²) in [5, 5.41) is 9.39. The Morgan fingerprint density at radius 1 is 1.42 bits per heavy atom. The number of hydrogen-bond acceptors (Lipinski definition) is 4. The summed E-state index contributed by atoms with van der Waals surface area (Å²) >= 11 is 6.17. The number of benzene rings is 1. The number of aryl methyl sites for hydroxylation is 1. The second kappa shape index (κ2) is 6.92. The first-order valence-electron chi connectivity index (χ1n) is 7.61. The van der Waals surface area contributed by atoms with Gasteiger partial charge in [0.15, 0.2) is 0 Å². The maximum atomic E-state index is 12.7. The highest BCUT2D eigenvalue weighted by Crippen LogP contribution is 2.28. The molecular weight excluding hydrogens is 332 g/mol. The molecule has 3 amide bonds. The normalized spacial score (nSPS) is 17.7. The van der Waals surface area contributed by atoms with Gasteiger partial charge in [-0.2, -0.15) is 0 Å². The standard InChI is InChI=1S/C16H17ClN4O3/c1-10-9-14(24-20-10)19-16(23)18-12-6-4-8-21(15(12)22)13-7-3-2-5-11(13)17/h2-3,5,7,9,12H,4,6,8H2,1H3,(H2,18,19,23)/t12-/m0/s1. The fraction of sp³-hybridized carbons (Fsp3) is 0.312. The highest BCUT2D eigenvalue weighted by atomic mass is 35.5. The molecule has 0 unspecified atom stereocenters. The van der Waals surface area contributed by atoms with Crippen LogP contribution >= 0.6 is 11.6 Å². The molecule has 0 saturated carbocycles. The van der Waals surface area contributed by atoms with Crippen molar-refractivity contribution < 1.29 is 14.1 Å². The minimum absolute atomic E-state index is 0.182. The van der Waals surface area contributed by atoms with Crippen LogP contribution in [-0.2, 0) is 4.79 Å². The molecule has 1 aromatic heterocycles. The van der Waals surface area contributed by atoms with Crippen LogP contribution in [0.4, 0.5) is 16.4 Å². The van der Waals surface area contributed by atoms with E-state index in [1.54, 1.807) is 30.0 Å². The van der Waals surface area contributed by atoms with Crippen LogP contribution in [0.25, 0.3) is 0 Å². The van der Waals surface area contributed by atoms with Crippen molar-refractivity contribution in [2.75, 3.05) is 16.8 Å². The molecule has 1 fully saturated rings. The van der Waals surface area contributed by atoms with Crippen molar-refractivity contribution in [2.45, 2.75) is 25.8 Å². The zero-order valence-electron chi connectivity index (χ0n) is 13.1. The SMILES string of the molecule is Cc1cc(NC(=O)N[C@H]2CCCN(c3ccccc3Cl)C2=O)on1. The molecule has 126 valence electrons. The number of para-hydroxylation sites is 1. The molecule has 2 N–H and O–H groups in total. The third-order valence-electron chi connectivity index (χ3n) is 3.75. The second-order valence-corrected chi connectivity index (χ2v) is 5.97. The Morgan fingerprint density at radius 3 is 2.92 bits per heavy atom. The number of piperidine rings is 1. The molecule has 2 heterocycles. The summed E-state index contributed by atoms with van der Waals surface area (Å²) in [7, 11) is 0. The number of amides is 3. The molecule has 1 atom stereocenters. The molecule has 0 radical (unpaired) electrons. The topological polar surface area (TPSA) is 87.5 Å². The van der Waals surface area contributed by atoms with Crippen LogP contribution in [0, 0.1) is 6.92 Å². The maximum absolute atomic E-state index is 12.7. The Kier molecular flexibility index (Phi) is 4.71. The summed E-state index contributed by atoms with van der Waals surface area (Å²) < 4.78 is 4.92. The minimum Gasteiger partial charge on any atom is -0.338 e. The Labute approximate surface area is 143 Å². The van der Waals surface area contributed by atoms with Crippen molar-refractivity contribution in [1.82, 2.24) is 10.5 Å². The molecular formula is C16H17ClN4O3. The Morgan fingerprint density at radius 2 is 2.21 bits per heavy atom. The molecule has 1 aliphatic heterocycles. The van der Waals surface area contributed by atoms with Crippen molar-refractivity contribution in [1.29, 1.82) is 0 Å². The van der Waals surface area contributed by atoms with Gasteiger partial charge < -0.3 is 14.7 Å². The zero-order chi connectivity index (χ0) is 17.1. The van der Waals surface area contributed by atoms with Crippen LogP contribution in [0.3, 0.4) is 0 Å². The van der Waals surface area contributed by atoms with Gasteiger partial charge in [0.2, 0.25) is 11.8 Å². The quantitative estimate of drug-likeness (QED) is 0.892. The van der Waals surface area contributed by atoms with E-state index in [2.05, 4.69) is 15.8 Å². The number of carbonyl (C=O) groups is 2. The molecule has 1 aromatic carbocycles. The van der Waals surface area contributed by atoms with Crippen LogP contribution < -0.4 is 15.5 Å². The van der Waals surface area contributed by atoms with Crippen molar-refractivity contribution in [3.8, 4) is 0 Å². The maximum Gasteiger partial charge on any atom is 0.322 e. The number of anilines is 2. The largest absolute Gasteiger partial charge is 0.338 e. The molecule has 0 bridgehead atoms. The summed E-state index contributed by atoms with van der Waals surface area (Å²) in [6, 6.07) is 7.63. The highest BCUT2D eigenvalue weighted by molar-refractivity contribution is 6.33. The van der Waals surface area contributed by atoms with E-state index in [4.69, 9.17) is 16.1 Å². The van der Waals surface area contributed by atoms with Gasteiger partial charge in [-0.3, -0.25) is 10.1 Å². The van der Waals surface area contributed by atoms with E-state index >= 15 is 0 Å². The first kappa shape index (κ1) is 16.3. The van der Waals surface area contributed by atoms with Gasteiger partial charge in [0, 0.05) is 12.6 Å². The Bertz CT molecular complexity index is 761. The van der Waals surface area contributed by atoms with E-state index in [0.29, 0.717) is 29.4 Å². The predicted octanol–water partition coefficient (Wildman–Crippen LogP) is 2.95. The minimum atomic E-state index is -0.612. The Hall–Kier alpha value is -2.54. The predicted molar refractivity (Wildman–Crippen MR) is 90.2 cm³/mol. The zero-order valence-corrected chi connectivity index (χ0v) is 13.8. The number of nitrogens with zero attached hydrogens (tertiary/aromatic N) is 2. The summed E-state index contributed by atoms with van der Waals surface area (Å²) in [6.07, 6.45) is 1.34. The van der Waals surface area contributed by atoms with Crippen LogP contribution in [0.1, 0.15) is 18.5 Å². The lowest BCUT2D eigenvalue weighted by Crippen LogP contribution is -2.53. The first-order chi connectivity index (χ1) is 11.5. The van der Waals surface area contributed by atoms with Gasteiger partial charge in [-0.15, -0.1) is 0 Å². The average molecular weight is 349 g/mol. The van der Waals surface area contributed by atoms with E-state index in [9.17, 15) is 9.59 Å². The summed E-state index contributed by atoms with van der Waals surface area (Å²) in [5.41, 5.74) is 1.31. The Balaban J connectivity index is 1.67. The lowest BCUT2D eigenvalue weighted by molar-refractivity contribution is -0.121. The van der Waals surface area contributed by atoms with Gasteiger partial charge in [-0.1, -0.05) is 28.9 Å². The van der Waals surface area contributed by atoms with Crippen LogP contribution in [0.2, 0.25) is 5.02 Å². The number of halogens is 1. The number of rotatable bonds is 3. The molecule has 8 heteroatoms. The van der Waals surface area contributed by atoms with Gasteiger partial charge in [0.1, 0.15) is 6.04 Å². The summed E-state index contributed by atoms with van der Waals surface area (Å²) in [6.45, 7) is 2.32. The van der Waals surface area contributed by atoms with Crippen molar-refractivity contribution in [3.05, 3.63) is 41.0 Å². The summed E-state index contributed by atoms with van der Waals surface area (Å²) in [4.78, 5) is 26.3. The second-order valence-electron chi connectivity index (χ2n) is 5.57. The van der Waals surface area contributed by atoms with Crippen molar-refractivity contribution >= 4 is 35.1 Å². The van der Waals surface area contributed by atoms with Crippen molar-refractivity contribution in [3.63, 3.8) is 0 Å². The number of nitrogens with one attached hydrogen (secondary N) is 2. The third kappa shape index (κ3) is 3.51. The molecule has 0 spiro atoms. The van der Waals surface area contributed by atoms with E-state index < -0.39 is 12.1 Å². The van der Waals surface area contributed by atoms with E-state index in [0.717, 1.165) is 6.42 Å². The van der Waals surface area contributed by atoms with Gasteiger partial charge in [-0.25, -0.2) is 4.79 Å². The van der Waals surface area contributed by atoms with Gasteiger partial charge in [-0.05, 0) is 31.9 Å². The highest BCUT2D eigenvalue weighted by Gasteiger charge is 2.31. The van der Waals surface area contributed by atoms with E-state index in [1.807, 2.05) is 12.1 Å². The average Bonchev–Trinajstić information content (AvgIpc) is 2.95. The molecule has 3 rings (SSSR count). The molecule has 7 nitrogen and oxygen atoms in total. The lowest BCUT2D eigenvalue weighted by atomic mass is 10.0. The number of urea groups is 1. The van der Waals surface area contributed by atoms with Gasteiger partial charge in [0.05, 0.1) is 16.4 Å². The molecule has 0 aliphatic carbocycles. The fourth-order valence-electron chi connectivity index (χ4n) is 2.65. The summed E-state index contributed by atoms with van der Waals surface area (Å²) in [5.74, 6) is 0.0504. The molecule has 1 saturated heterocycles. The number of carbonyl (C=O) groups excluding carboxylic acids is 2. The number of hydrogen-bond donors (Lipinski definition) is 2. The van der Waals surface area contributed by atoms with Crippen LogP contribution in [0.15, 0.2) is 34.9 Å². The van der Waals surface area contributed by atoms with E-state index in [-0.39, 0.29) is 11.8 Å². The van der Waals surface area contributed by atoms with Crippen molar-refractivity contribution in [2.24, 2.45) is 0 Å². The fourth-order valence-corrected chi connectivity index (χ4v) is 2.89. The lowest BCUT2D eigenvalue weighted by Gasteiger charge is -2.33. The number of aromatic nitrogens is 1. The molecule has 2 aromatic rings.